The van der Waals surface area contributed by atoms with E-state index in [1.807, 2.05) is 0 Å². The normalized spacial score (nSPS) is 32.4. The molecule has 0 heterocycles. The minimum Gasteiger partial charge on any atom is -0.475 e. The van der Waals surface area contributed by atoms with Crippen LogP contribution >= 0.6 is 0 Å². The van der Waals surface area contributed by atoms with Crippen LogP contribution in [0, 0.1) is 23.2 Å². The number of rotatable bonds is 3. The highest BCUT2D eigenvalue weighted by Crippen LogP contribution is 2.50. The van der Waals surface area contributed by atoms with E-state index in [2.05, 4.69) is 18.8 Å². The zero-order valence-electron chi connectivity index (χ0n) is 14.2. The average Bonchev–Trinajstić information content (AvgIpc) is 2.98. The summed E-state index contributed by atoms with van der Waals surface area (Å²) in [5.74, 6) is -1.69. The van der Waals surface area contributed by atoms with Gasteiger partial charge >= 0.3 is 12.1 Å². The Bertz CT molecular complexity index is 556. The zero-order chi connectivity index (χ0) is 19.0. The van der Waals surface area contributed by atoms with E-state index >= 15 is 0 Å². The van der Waals surface area contributed by atoms with Crippen molar-refractivity contribution in [1.82, 2.24) is 5.32 Å². The maximum atomic E-state index is 12.3. The van der Waals surface area contributed by atoms with Gasteiger partial charge in [-0.05, 0) is 42.9 Å². The number of fused-ring (bicyclic) bond motifs is 2. The number of amides is 1. The molecule has 0 aromatic rings. The number of hydrogen-bond donors (Lipinski definition) is 3. The van der Waals surface area contributed by atoms with Crippen molar-refractivity contribution in [2.45, 2.75) is 51.2 Å². The number of halogens is 3. The fraction of sp³-hybridized carbons (Fsp3) is 0.765. The number of carboxylic acid groups (broad SMARTS) is 1. The molecule has 25 heavy (non-hydrogen) atoms. The summed E-state index contributed by atoms with van der Waals surface area (Å²) in [5, 5.41) is 10.3. The Hall–Kier alpha value is -1.57. The van der Waals surface area contributed by atoms with Crippen LogP contribution < -0.4 is 11.1 Å². The molecule has 142 valence electrons. The van der Waals surface area contributed by atoms with Crippen molar-refractivity contribution in [2.24, 2.45) is 28.9 Å². The van der Waals surface area contributed by atoms with Gasteiger partial charge in [0.1, 0.15) is 0 Å². The standard InChI is InChI=1S/C15H24N2O.C2HF3O2/c1-9-6-10-7-11(9)13(16)12(10)14(18)17-8-15(2)4-3-5-15;3-2(4,5)1(6)7/h10-13H,1,3-8,16H2,2H3,(H,17,18);(H,6,7)/t10-,11-,12+,13-;/m1./s1. The molecule has 0 spiro atoms. The molecular weight excluding hydrogens is 337 g/mol. The predicted octanol–water partition coefficient (Wildman–Crippen LogP) is 2.47. The summed E-state index contributed by atoms with van der Waals surface area (Å²) in [7, 11) is 0. The Morgan fingerprint density at radius 2 is 1.96 bits per heavy atom. The number of alkyl halides is 3. The van der Waals surface area contributed by atoms with Gasteiger partial charge in [-0.15, -0.1) is 0 Å². The van der Waals surface area contributed by atoms with E-state index in [9.17, 15) is 18.0 Å². The SMILES string of the molecule is C=C1C[C@@H]2C[C@H]1[C@@H](N)[C@H]2C(=O)NCC1(C)CCC1.O=C(O)C(F)(F)F. The summed E-state index contributed by atoms with van der Waals surface area (Å²) in [4.78, 5) is 21.2. The first-order valence-corrected chi connectivity index (χ1v) is 8.46. The van der Waals surface area contributed by atoms with Crippen molar-refractivity contribution in [3.05, 3.63) is 12.2 Å². The third kappa shape index (κ3) is 4.34. The van der Waals surface area contributed by atoms with E-state index in [-0.39, 0.29) is 17.9 Å². The number of carbonyl (C=O) groups excluding carboxylic acids is 1. The first-order valence-electron chi connectivity index (χ1n) is 8.46. The lowest BCUT2D eigenvalue weighted by molar-refractivity contribution is -0.192. The van der Waals surface area contributed by atoms with Crippen molar-refractivity contribution in [3.63, 3.8) is 0 Å². The highest BCUT2D eigenvalue weighted by atomic mass is 19.4. The van der Waals surface area contributed by atoms with Crippen LogP contribution in [0.2, 0.25) is 0 Å². The highest BCUT2D eigenvalue weighted by Gasteiger charge is 2.51. The van der Waals surface area contributed by atoms with Crippen LogP contribution in [0.4, 0.5) is 13.2 Å². The van der Waals surface area contributed by atoms with Gasteiger partial charge in [-0.3, -0.25) is 4.79 Å². The fourth-order valence-electron chi connectivity index (χ4n) is 4.10. The molecule has 1 amide bonds. The van der Waals surface area contributed by atoms with Crippen LogP contribution in [-0.4, -0.2) is 35.7 Å². The summed E-state index contributed by atoms with van der Waals surface area (Å²) >= 11 is 0. The molecule has 8 heteroatoms. The third-order valence-corrected chi connectivity index (χ3v) is 5.79. The van der Waals surface area contributed by atoms with Gasteiger partial charge in [0, 0.05) is 12.6 Å². The molecule has 3 aliphatic rings. The lowest BCUT2D eigenvalue weighted by Crippen LogP contribution is -2.48. The Kier molecular flexibility index (Phi) is 5.51. The summed E-state index contributed by atoms with van der Waals surface area (Å²) < 4.78 is 31.7. The Morgan fingerprint density at radius 1 is 1.40 bits per heavy atom. The first kappa shape index (κ1) is 19.8. The van der Waals surface area contributed by atoms with Crippen molar-refractivity contribution >= 4 is 11.9 Å². The van der Waals surface area contributed by atoms with E-state index in [1.165, 1.54) is 24.8 Å². The lowest BCUT2D eigenvalue weighted by Gasteiger charge is -2.39. The van der Waals surface area contributed by atoms with E-state index in [0.717, 1.165) is 19.4 Å². The van der Waals surface area contributed by atoms with Gasteiger partial charge in [0.2, 0.25) is 5.91 Å². The Morgan fingerprint density at radius 3 is 2.32 bits per heavy atom. The molecule has 3 rings (SSSR count). The highest BCUT2D eigenvalue weighted by molar-refractivity contribution is 5.80. The fourth-order valence-corrected chi connectivity index (χ4v) is 4.10. The molecule has 0 aliphatic heterocycles. The van der Waals surface area contributed by atoms with Crippen molar-refractivity contribution in [3.8, 4) is 0 Å². The number of carbonyl (C=O) groups is 2. The molecule has 3 aliphatic carbocycles. The average molecular weight is 362 g/mol. The van der Waals surface area contributed by atoms with Gasteiger partial charge < -0.3 is 16.2 Å². The van der Waals surface area contributed by atoms with Gasteiger partial charge in [-0.25, -0.2) is 4.79 Å². The molecule has 3 saturated carbocycles. The van der Waals surface area contributed by atoms with Gasteiger partial charge in [-0.2, -0.15) is 13.2 Å². The van der Waals surface area contributed by atoms with E-state index in [4.69, 9.17) is 15.6 Å². The largest absolute Gasteiger partial charge is 0.490 e. The summed E-state index contributed by atoms with van der Waals surface area (Å²) in [6.45, 7) is 7.17. The van der Waals surface area contributed by atoms with Crippen molar-refractivity contribution in [2.75, 3.05) is 6.54 Å². The second kappa shape index (κ2) is 6.97. The number of hydrogen-bond acceptors (Lipinski definition) is 3. The first-order chi connectivity index (χ1) is 11.4. The van der Waals surface area contributed by atoms with Gasteiger partial charge in [-0.1, -0.05) is 25.5 Å². The molecule has 2 bridgehead atoms. The van der Waals surface area contributed by atoms with E-state index in [1.54, 1.807) is 0 Å². The molecule has 0 unspecified atom stereocenters. The van der Waals surface area contributed by atoms with Crippen LogP contribution in [0.5, 0.6) is 0 Å². The van der Waals surface area contributed by atoms with Gasteiger partial charge in [0.15, 0.2) is 0 Å². The number of aliphatic carboxylic acids is 1. The molecule has 3 fully saturated rings. The van der Waals surface area contributed by atoms with E-state index in [0.29, 0.717) is 17.3 Å². The van der Waals surface area contributed by atoms with Crippen LogP contribution in [0.1, 0.15) is 39.0 Å². The molecule has 4 N–H and O–H groups in total. The topological polar surface area (TPSA) is 92.4 Å². The molecule has 0 aromatic carbocycles. The van der Waals surface area contributed by atoms with Crippen molar-refractivity contribution in [1.29, 1.82) is 0 Å². The Labute approximate surface area is 144 Å². The summed E-state index contributed by atoms with van der Waals surface area (Å²) in [6, 6.07) is 0.00504. The third-order valence-electron chi connectivity index (χ3n) is 5.79. The van der Waals surface area contributed by atoms with E-state index < -0.39 is 12.1 Å². The monoisotopic (exact) mass is 362 g/mol. The lowest BCUT2D eigenvalue weighted by atomic mass is 9.70. The number of nitrogens with one attached hydrogen (secondary N) is 1. The minimum atomic E-state index is -5.08. The number of nitrogens with two attached hydrogens (primary N) is 1. The second-order valence-corrected chi connectivity index (χ2v) is 7.75. The molecular formula is C17H25F3N2O3. The maximum Gasteiger partial charge on any atom is 0.490 e. The minimum absolute atomic E-state index is 0.00504. The second-order valence-electron chi connectivity index (χ2n) is 7.75. The molecule has 4 atom stereocenters. The van der Waals surface area contributed by atoms with Crippen LogP contribution in [-0.2, 0) is 9.59 Å². The zero-order valence-corrected chi connectivity index (χ0v) is 14.2. The Balaban J connectivity index is 0.000000277. The summed E-state index contributed by atoms with van der Waals surface area (Å²) in [6.07, 6.45) is 0.794. The molecule has 0 saturated heterocycles. The van der Waals surface area contributed by atoms with Crippen molar-refractivity contribution < 1.29 is 27.9 Å². The summed E-state index contributed by atoms with van der Waals surface area (Å²) in [5.41, 5.74) is 7.83. The number of carboxylic acids is 1. The van der Waals surface area contributed by atoms with Crippen LogP contribution in [0.25, 0.3) is 0 Å². The predicted molar refractivity (Wildman–Crippen MR) is 85.5 cm³/mol. The quantitative estimate of drug-likeness (QED) is 0.673. The van der Waals surface area contributed by atoms with Crippen LogP contribution in [0.3, 0.4) is 0 Å². The van der Waals surface area contributed by atoms with Gasteiger partial charge in [0.25, 0.3) is 0 Å². The van der Waals surface area contributed by atoms with Crippen LogP contribution in [0.15, 0.2) is 12.2 Å². The molecule has 5 nitrogen and oxygen atoms in total. The molecule has 0 aromatic heterocycles. The molecule has 0 radical (unpaired) electrons. The smallest absolute Gasteiger partial charge is 0.475 e. The van der Waals surface area contributed by atoms with Gasteiger partial charge in [0.05, 0.1) is 5.92 Å². The maximum absolute atomic E-state index is 12.3.